The van der Waals surface area contributed by atoms with Gasteiger partial charge in [0.05, 0.1) is 6.54 Å². The standard InChI is InChI=1S/C13H18N4O2/c14-12-8-11(3-2-10(12)9-18)19-7-6-17-13-15-4-1-5-16-13/h2-3,8-9H,1,4-7,14H2,(H2,15,16,17). The molecule has 1 heterocycles. The maximum absolute atomic E-state index is 10.6. The second-order valence-corrected chi connectivity index (χ2v) is 4.19. The van der Waals surface area contributed by atoms with Crippen molar-refractivity contribution in [1.29, 1.82) is 0 Å². The number of anilines is 1. The summed E-state index contributed by atoms with van der Waals surface area (Å²) in [6, 6.07) is 5.04. The average molecular weight is 262 g/mol. The van der Waals surface area contributed by atoms with Gasteiger partial charge in [-0.3, -0.25) is 9.79 Å². The zero-order valence-electron chi connectivity index (χ0n) is 10.7. The number of carbonyl (C=O) groups is 1. The number of guanidine groups is 1. The molecule has 0 aliphatic carbocycles. The molecule has 0 bridgehead atoms. The van der Waals surface area contributed by atoms with Gasteiger partial charge in [0, 0.05) is 30.4 Å². The van der Waals surface area contributed by atoms with Crippen molar-refractivity contribution in [2.45, 2.75) is 6.42 Å². The number of aldehydes is 1. The molecule has 1 aliphatic rings. The summed E-state index contributed by atoms with van der Waals surface area (Å²) in [4.78, 5) is 14.9. The van der Waals surface area contributed by atoms with Crippen LogP contribution in [0, 0.1) is 0 Å². The first-order valence-electron chi connectivity index (χ1n) is 6.29. The van der Waals surface area contributed by atoms with Gasteiger partial charge in [-0.05, 0) is 18.6 Å². The van der Waals surface area contributed by atoms with E-state index in [0.717, 1.165) is 31.8 Å². The Hall–Kier alpha value is -2.24. The number of nitrogens with zero attached hydrogens (tertiary/aromatic N) is 1. The van der Waals surface area contributed by atoms with Gasteiger partial charge >= 0.3 is 0 Å². The lowest BCUT2D eigenvalue weighted by Crippen LogP contribution is -2.42. The molecule has 102 valence electrons. The molecule has 1 aromatic rings. The minimum absolute atomic E-state index is 0.429. The lowest BCUT2D eigenvalue weighted by atomic mass is 10.2. The fourth-order valence-corrected chi connectivity index (χ4v) is 1.74. The van der Waals surface area contributed by atoms with Crippen LogP contribution in [0.15, 0.2) is 23.2 Å². The number of carbonyl (C=O) groups excluding carboxylic acids is 1. The van der Waals surface area contributed by atoms with Crippen molar-refractivity contribution in [2.24, 2.45) is 4.99 Å². The Morgan fingerprint density at radius 3 is 3.11 bits per heavy atom. The van der Waals surface area contributed by atoms with E-state index in [-0.39, 0.29) is 0 Å². The molecule has 0 radical (unpaired) electrons. The molecule has 0 amide bonds. The van der Waals surface area contributed by atoms with Gasteiger partial charge in [0.1, 0.15) is 12.4 Å². The van der Waals surface area contributed by atoms with Crippen molar-refractivity contribution in [1.82, 2.24) is 10.6 Å². The van der Waals surface area contributed by atoms with Gasteiger partial charge in [-0.1, -0.05) is 0 Å². The van der Waals surface area contributed by atoms with E-state index in [0.29, 0.717) is 30.2 Å². The first-order chi connectivity index (χ1) is 9.29. The predicted octanol–water partition coefficient (Wildman–Crippen LogP) is 0.399. The van der Waals surface area contributed by atoms with Crippen LogP contribution in [0.5, 0.6) is 5.75 Å². The van der Waals surface area contributed by atoms with Crippen molar-refractivity contribution in [3.63, 3.8) is 0 Å². The van der Waals surface area contributed by atoms with Crippen LogP contribution in [0.3, 0.4) is 0 Å². The van der Waals surface area contributed by atoms with E-state index in [4.69, 9.17) is 10.5 Å². The summed E-state index contributed by atoms with van der Waals surface area (Å²) in [5.41, 5.74) is 6.60. The lowest BCUT2D eigenvalue weighted by Gasteiger charge is -2.16. The Labute approximate surface area is 112 Å². The van der Waals surface area contributed by atoms with E-state index in [1.54, 1.807) is 18.2 Å². The number of hydrogen-bond donors (Lipinski definition) is 3. The molecule has 0 saturated carbocycles. The minimum Gasteiger partial charge on any atom is -0.492 e. The van der Waals surface area contributed by atoms with Gasteiger partial charge in [-0.2, -0.15) is 0 Å². The number of hydrogen-bond acceptors (Lipinski definition) is 6. The highest BCUT2D eigenvalue weighted by Crippen LogP contribution is 2.18. The number of nitrogen functional groups attached to an aromatic ring is 1. The molecule has 0 spiro atoms. The number of nitrogens with two attached hydrogens (primary N) is 1. The molecule has 0 fully saturated rings. The summed E-state index contributed by atoms with van der Waals surface area (Å²) in [7, 11) is 0. The quantitative estimate of drug-likeness (QED) is 0.406. The largest absolute Gasteiger partial charge is 0.492 e. The number of ether oxygens (including phenoxy) is 1. The Bertz CT molecular complexity index is 474. The van der Waals surface area contributed by atoms with Gasteiger partial charge in [-0.15, -0.1) is 0 Å². The molecule has 2 rings (SSSR count). The van der Waals surface area contributed by atoms with Crippen molar-refractivity contribution in [3.8, 4) is 5.75 Å². The monoisotopic (exact) mass is 262 g/mol. The molecule has 6 heteroatoms. The van der Waals surface area contributed by atoms with Crippen LogP contribution < -0.4 is 21.1 Å². The van der Waals surface area contributed by atoms with Crippen LogP contribution in [0.4, 0.5) is 5.69 Å². The second kappa shape index (κ2) is 6.63. The fourth-order valence-electron chi connectivity index (χ4n) is 1.74. The Balaban J connectivity index is 1.74. The highest BCUT2D eigenvalue weighted by Gasteiger charge is 2.03. The third kappa shape index (κ3) is 3.87. The lowest BCUT2D eigenvalue weighted by molar-refractivity contribution is 0.112. The summed E-state index contributed by atoms with van der Waals surface area (Å²) in [6.07, 6.45) is 1.80. The molecule has 6 nitrogen and oxygen atoms in total. The summed E-state index contributed by atoms with van der Waals surface area (Å²) >= 11 is 0. The minimum atomic E-state index is 0.429. The molecule has 0 aromatic heterocycles. The smallest absolute Gasteiger partial charge is 0.191 e. The summed E-state index contributed by atoms with van der Waals surface area (Å²) in [5, 5.41) is 6.32. The average Bonchev–Trinajstić information content (AvgIpc) is 2.45. The molecule has 0 unspecified atom stereocenters. The van der Waals surface area contributed by atoms with E-state index in [1.165, 1.54) is 0 Å². The van der Waals surface area contributed by atoms with Crippen LogP contribution >= 0.6 is 0 Å². The number of nitrogens with one attached hydrogen (secondary N) is 2. The van der Waals surface area contributed by atoms with Crippen molar-refractivity contribution < 1.29 is 9.53 Å². The third-order valence-electron chi connectivity index (χ3n) is 2.75. The van der Waals surface area contributed by atoms with Gasteiger partial charge < -0.3 is 21.1 Å². The molecular formula is C13H18N4O2. The molecule has 19 heavy (non-hydrogen) atoms. The Morgan fingerprint density at radius 2 is 2.42 bits per heavy atom. The molecule has 0 atom stereocenters. The van der Waals surface area contributed by atoms with Crippen LogP contribution in [0.1, 0.15) is 16.8 Å². The van der Waals surface area contributed by atoms with Crippen molar-refractivity contribution in [2.75, 3.05) is 32.0 Å². The first kappa shape index (κ1) is 13.2. The summed E-state index contributed by atoms with van der Waals surface area (Å²) in [5.74, 6) is 1.48. The van der Waals surface area contributed by atoms with Crippen LogP contribution in [0.25, 0.3) is 0 Å². The highest BCUT2D eigenvalue weighted by atomic mass is 16.5. The maximum Gasteiger partial charge on any atom is 0.191 e. The summed E-state index contributed by atoms with van der Waals surface area (Å²) in [6.45, 7) is 2.97. The second-order valence-electron chi connectivity index (χ2n) is 4.19. The normalized spacial score (nSPS) is 14.2. The third-order valence-corrected chi connectivity index (χ3v) is 2.75. The topological polar surface area (TPSA) is 88.7 Å². The van der Waals surface area contributed by atoms with Gasteiger partial charge in [-0.25, -0.2) is 0 Å². The number of benzene rings is 1. The van der Waals surface area contributed by atoms with Crippen molar-refractivity contribution >= 4 is 17.9 Å². The van der Waals surface area contributed by atoms with Crippen LogP contribution in [-0.4, -0.2) is 38.5 Å². The zero-order valence-corrected chi connectivity index (χ0v) is 10.7. The Morgan fingerprint density at radius 1 is 1.53 bits per heavy atom. The molecule has 0 saturated heterocycles. The van der Waals surface area contributed by atoms with E-state index < -0.39 is 0 Å². The van der Waals surface area contributed by atoms with Gasteiger partial charge in [0.2, 0.25) is 0 Å². The van der Waals surface area contributed by atoms with Gasteiger partial charge in [0.25, 0.3) is 0 Å². The molecule has 1 aromatic carbocycles. The van der Waals surface area contributed by atoms with Crippen molar-refractivity contribution in [3.05, 3.63) is 23.8 Å². The van der Waals surface area contributed by atoms with E-state index in [1.807, 2.05) is 0 Å². The molecular weight excluding hydrogens is 244 g/mol. The fraction of sp³-hybridized carbons (Fsp3) is 0.385. The number of aliphatic imine (C=N–C) groups is 1. The zero-order chi connectivity index (χ0) is 13.5. The van der Waals surface area contributed by atoms with Gasteiger partial charge in [0.15, 0.2) is 12.2 Å². The maximum atomic E-state index is 10.6. The van der Waals surface area contributed by atoms with E-state index in [2.05, 4.69) is 15.6 Å². The predicted molar refractivity (Wildman–Crippen MR) is 74.7 cm³/mol. The van der Waals surface area contributed by atoms with E-state index >= 15 is 0 Å². The SMILES string of the molecule is Nc1cc(OCCNC2=NCCCN2)ccc1C=O. The van der Waals surface area contributed by atoms with Crippen LogP contribution in [-0.2, 0) is 0 Å². The summed E-state index contributed by atoms with van der Waals surface area (Å²) < 4.78 is 5.54. The molecule has 1 aliphatic heterocycles. The first-order valence-corrected chi connectivity index (χ1v) is 6.29. The van der Waals surface area contributed by atoms with Crippen LogP contribution in [0.2, 0.25) is 0 Å². The highest BCUT2D eigenvalue weighted by molar-refractivity contribution is 5.83. The molecule has 4 N–H and O–H groups in total. The number of rotatable bonds is 5. The van der Waals surface area contributed by atoms with E-state index in [9.17, 15) is 4.79 Å². The Kier molecular flexibility index (Phi) is 4.60.